The van der Waals surface area contributed by atoms with E-state index >= 15 is 0 Å². The van der Waals surface area contributed by atoms with Gasteiger partial charge in [-0.05, 0) is 24.1 Å². The molecule has 4 aliphatic rings. The molecule has 14 heteroatoms. The molecule has 0 aliphatic carbocycles. The van der Waals surface area contributed by atoms with Crippen LogP contribution in [0.2, 0.25) is 0 Å². The van der Waals surface area contributed by atoms with Crippen LogP contribution in [-0.2, 0) is 40.1 Å². The zero-order valence-electron chi connectivity index (χ0n) is 27.0. The molecular weight excluding hydrogens is 632 g/mol. The van der Waals surface area contributed by atoms with Crippen LogP contribution in [0.25, 0.3) is 11.0 Å². The van der Waals surface area contributed by atoms with Gasteiger partial charge >= 0.3 is 5.97 Å². The Morgan fingerprint density at radius 3 is 2.63 bits per heavy atom. The van der Waals surface area contributed by atoms with Gasteiger partial charge in [0, 0.05) is 26.6 Å². The number of aliphatic hydroxyl groups is 1. The number of likely N-dealkylation sites (tertiary alicyclic amines) is 1. The predicted molar refractivity (Wildman–Crippen MR) is 173 cm³/mol. The number of hydrogen-bond donors (Lipinski definition) is 2. The lowest BCUT2D eigenvalue weighted by molar-refractivity contribution is -0.162. The molecule has 5 heterocycles. The molecule has 2 saturated heterocycles. The van der Waals surface area contributed by atoms with E-state index in [1.807, 2.05) is 30.3 Å². The van der Waals surface area contributed by atoms with Crippen LogP contribution in [0.5, 0.6) is 0 Å². The van der Waals surface area contributed by atoms with Gasteiger partial charge in [0.1, 0.15) is 35.9 Å². The molecule has 1 aromatic heterocycles. The number of methoxy groups -OCH3 is 1. The fourth-order valence-electron chi connectivity index (χ4n) is 7.59. The summed E-state index contributed by atoms with van der Waals surface area (Å²) in [5.74, 6) is -4.13. The van der Waals surface area contributed by atoms with Crippen molar-refractivity contribution < 1.29 is 38.5 Å². The Morgan fingerprint density at radius 1 is 1.04 bits per heavy atom. The number of cyclic esters (lactones) is 1. The Bertz CT molecular complexity index is 1790. The molecule has 256 valence electrons. The molecule has 7 rings (SSSR count). The van der Waals surface area contributed by atoms with Gasteiger partial charge in [-0.3, -0.25) is 19.2 Å². The van der Waals surface area contributed by atoms with E-state index < -0.39 is 66.1 Å². The zero-order valence-corrected chi connectivity index (χ0v) is 27.0. The molecule has 2 fully saturated rings. The number of aliphatic hydroxyl groups excluding tert-OH is 1. The third-order valence-electron chi connectivity index (χ3n) is 9.71. The normalized spacial score (nSPS) is 30.9. The first-order valence-electron chi connectivity index (χ1n) is 16.4. The molecule has 3 amide bonds. The average molecular weight is 671 g/mol. The molecule has 0 bridgehead atoms. The van der Waals surface area contributed by atoms with Gasteiger partial charge < -0.3 is 34.4 Å². The molecule has 1 spiro atoms. The summed E-state index contributed by atoms with van der Waals surface area (Å²) in [4.78, 5) is 59.3. The molecule has 0 unspecified atom stereocenters. The highest BCUT2D eigenvalue weighted by molar-refractivity contribution is 5.99. The smallest absolute Gasteiger partial charge is 0.313 e. The zero-order chi connectivity index (χ0) is 34.1. The highest BCUT2D eigenvalue weighted by Crippen LogP contribution is 2.53. The van der Waals surface area contributed by atoms with E-state index in [2.05, 4.69) is 15.6 Å². The number of aromatic nitrogens is 3. The Labute approximate surface area is 282 Å². The summed E-state index contributed by atoms with van der Waals surface area (Å²) in [7, 11) is 1.50. The van der Waals surface area contributed by atoms with Gasteiger partial charge in [-0.1, -0.05) is 72.0 Å². The maximum absolute atomic E-state index is 14.5. The predicted octanol–water partition coefficient (Wildman–Crippen LogP) is 1.13. The van der Waals surface area contributed by atoms with Gasteiger partial charge in [-0.15, -0.1) is 5.10 Å². The van der Waals surface area contributed by atoms with E-state index in [1.54, 1.807) is 58.2 Å². The van der Waals surface area contributed by atoms with E-state index in [-0.39, 0.29) is 38.7 Å². The number of hydrogen-bond acceptors (Lipinski definition) is 10. The third-order valence-corrected chi connectivity index (χ3v) is 9.71. The Hall–Kier alpha value is -4.92. The van der Waals surface area contributed by atoms with Crippen LogP contribution in [0, 0.1) is 11.8 Å². The third kappa shape index (κ3) is 5.79. The monoisotopic (exact) mass is 670 g/mol. The van der Waals surface area contributed by atoms with E-state index in [0.717, 1.165) is 5.52 Å². The SMILES string of the molecule is COC[C@H]1NC(=O)CC/C=C\[C@H]2O[C@]34C=CCN(Cn5nnc6ccccc65)C(=O)[C@H]3N(CCO)C(=O)[C@@H]4[C@H]2C(=O)O[C@@H]1c1ccccc1. The highest BCUT2D eigenvalue weighted by Gasteiger charge is 2.71. The van der Waals surface area contributed by atoms with Crippen molar-refractivity contribution in [1.82, 2.24) is 30.1 Å². The van der Waals surface area contributed by atoms with Gasteiger partial charge in [0.15, 0.2) is 0 Å². The van der Waals surface area contributed by atoms with E-state index in [0.29, 0.717) is 17.5 Å². The summed E-state index contributed by atoms with van der Waals surface area (Å²) in [5, 5.41) is 21.4. The number of β-amino-alcohol motifs (C(OH)–C–C–N with tert-alkyl or cyclic N) is 1. The highest BCUT2D eigenvalue weighted by atomic mass is 16.6. The van der Waals surface area contributed by atoms with Crippen LogP contribution in [0.3, 0.4) is 0 Å². The topological polar surface area (TPSA) is 165 Å². The maximum atomic E-state index is 14.5. The number of ether oxygens (including phenoxy) is 3. The maximum Gasteiger partial charge on any atom is 0.313 e. The van der Waals surface area contributed by atoms with Crippen molar-refractivity contribution in [2.75, 3.05) is 33.4 Å². The Balaban J connectivity index is 1.27. The summed E-state index contributed by atoms with van der Waals surface area (Å²) in [6, 6.07) is 14.5. The number of carbonyl (C=O) groups excluding carboxylic acids is 4. The number of rotatable bonds is 7. The first-order valence-corrected chi connectivity index (χ1v) is 16.4. The van der Waals surface area contributed by atoms with E-state index in [4.69, 9.17) is 14.2 Å². The van der Waals surface area contributed by atoms with Crippen molar-refractivity contribution in [1.29, 1.82) is 0 Å². The lowest BCUT2D eigenvalue weighted by Gasteiger charge is -2.35. The molecule has 49 heavy (non-hydrogen) atoms. The van der Waals surface area contributed by atoms with Crippen molar-refractivity contribution in [2.45, 2.75) is 49.4 Å². The molecule has 3 aromatic rings. The minimum absolute atomic E-state index is 0.0531. The number of para-hydroxylation sites is 1. The second kappa shape index (κ2) is 13.5. The molecule has 2 aromatic carbocycles. The average Bonchev–Trinajstić information content (AvgIpc) is 3.69. The molecule has 2 N–H and O–H groups in total. The summed E-state index contributed by atoms with van der Waals surface area (Å²) < 4.78 is 20.0. The van der Waals surface area contributed by atoms with Gasteiger partial charge in [-0.2, -0.15) is 0 Å². The van der Waals surface area contributed by atoms with E-state index in [1.165, 1.54) is 12.0 Å². The van der Waals surface area contributed by atoms with Crippen LogP contribution >= 0.6 is 0 Å². The van der Waals surface area contributed by atoms with Crippen LogP contribution in [0.4, 0.5) is 0 Å². The van der Waals surface area contributed by atoms with Crippen LogP contribution in [0.15, 0.2) is 78.9 Å². The molecule has 0 radical (unpaired) electrons. The summed E-state index contributed by atoms with van der Waals surface area (Å²) in [6.07, 6.45) is 5.54. The summed E-state index contributed by atoms with van der Waals surface area (Å²) in [6.45, 7) is -0.242. The lowest BCUT2D eigenvalue weighted by Crippen LogP contribution is -2.55. The number of allylic oxidation sites excluding steroid dienone is 1. The number of fused-ring (bicyclic) bond motifs is 3. The largest absolute Gasteiger partial charge is 0.455 e. The number of benzene rings is 2. The number of carbonyl (C=O) groups is 4. The number of esters is 1. The van der Waals surface area contributed by atoms with Crippen molar-refractivity contribution in [3.05, 3.63) is 84.5 Å². The quantitative estimate of drug-likeness (QED) is 0.275. The number of nitrogens with one attached hydrogen (secondary N) is 1. The fraction of sp³-hybridized carbons (Fsp3) is 0.429. The second-order valence-electron chi connectivity index (χ2n) is 12.6. The summed E-state index contributed by atoms with van der Waals surface area (Å²) >= 11 is 0. The van der Waals surface area contributed by atoms with Gasteiger partial charge in [0.05, 0.1) is 36.8 Å². The van der Waals surface area contributed by atoms with Gasteiger partial charge in [-0.25, -0.2) is 4.68 Å². The van der Waals surface area contributed by atoms with Crippen molar-refractivity contribution >= 4 is 34.7 Å². The van der Waals surface area contributed by atoms with Crippen LogP contribution in [0.1, 0.15) is 24.5 Å². The van der Waals surface area contributed by atoms with Crippen LogP contribution < -0.4 is 5.32 Å². The minimum atomic E-state index is -1.54. The van der Waals surface area contributed by atoms with Crippen molar-refractivity contribution in [3.63, 3.8) is 0 Å². The number of nitrogens with zero attached hydrogens (tertiary/aromatic N) is 5. The number of amides is 3. The van der Waals surface area contributed by atoms with Crippen molar-refractivity contribution in [2.24, 2.45) is 11.8 Å². The second-order valence-corrected chi connectivity index (χ2v) is 12.6. The Kier molecular flexibility index (Phi) is 9.01. The first-order chi connectivity index (χ1) is 23.9. The standard InChI is InChI=1S/C35H38N6O8/c1-47-20-24-30(22-10-3-2-4-11-22)48-34(46)28-26(14-7-8-15-27(43)36-24)49-35-16-9-17-39(21-41-25-13-6-5-12-23(25)37-38-41)33(45)31(35)40(18-19-42)32(44)29(28)35/h2-7,9-14,16,24,26,28-31,42H,8,15,17-21H2,1H3,(H,36,43)/b14-7-/t24-,26-,28+,29+,30-,31-,35+/m1/s1. The molecule has 7 atom stereocenters. The molecular formula is C35H38N6O8. The first kappa shape index (κ1) is 32.6. The summed E-state index contributed by atoms with van der Waals surface area (Å²) in [5.41, 5.74) is 0.506. The lowest BCUT2D eigenvalue weighted by atomic mass is 9.77. The van der Waals surface area contributed by atoms with E-state index in [9.17, 15) is 24.3 Å². The molecule has 4 aliphatic heterocycles. The van der Waals surface area contributed by atoms with Crippen LogP contribution in [-0.4, -0.2) is 111 Å². The molecule has 0 saturated carbocycles. The van der Waals surface area contributed by atoms with Gasteiger partial charge in [0.2, 0.25) is 11.8 Å². The Morgan fingerprint density at radius 2 is 1.84 bits per heavy atom. The van der Waals surface area contributed by atoms with Gasteiger partial charge in [0.25, 0.3) is 5.91 Å². The van der Waals surface area contributed by atoms with Crippen molar-refractivity contribution in [3.8, 4) is 0 Å². The minimum Gasteiger partial charge on any atom is -0.455 e. The molecule has 14 nitrogen and oxygen atoms in total. The fourth-order valence-corrected chi connectivity index (χ4v) is 7.59.